The molecule has 0 aromatic heterocycles. The maximum absolute atomic E-state index is 5.60. The van der Waals surface area contributed by atoms with Crippen molar-refractivity contribution in [3.8, 4) is 5.75 Å². The molecule has 0 spiro atoms. The lowest BCUT2D eigenvalue weighted by atomic mass is 10.3. The molecule has 0 unspecified atom stereocenters. The average Bonchev–Trinajstić information content (AvgIpc) is 2.12. The lowest BCUT2D eigenvalue weighted by Crippen LogP contribution is -2.11. The molecule has 14 heavy (non-hydrogen) atoms. The topological polar surface area (TPSA) is 44.5 Å². The third-order valence-electron chi connectivity index (χ3n) is 1.66. The molecule has 78 valence electrons. The summed E-state index contributed by atoms with van der Waals surface area (Å²) in [6.07, 6.45) is 0.249. The van der Waals surface area contributed by atoms with Crippen molar-refractivity contribution in [3.05, 3.63) is 24.3 Å². The van der Waals surface area contributed by atoms with Gasteiger partial charge in [0.15, 0.2) is 0 Å². The third kappa shape index (κ3) is 4.14. The molecule has 3 heteroatoms. The number of hydrogen-bond donors (Lipinski definition) is 1. The Kier molecular flexibility index (Phi) is 4.26. The van der Waals surface area contributed by atoms with Crippen LogP contribution in [0.5, 0.6) is 5.75 Å². The van der Waals surface area contributed by atoms with Gasteiger partial charge in [0.1, 0.15) is 12.4 Å². The van der Waals surface area contributed by atoms with Crippen molar-refractivity contribution < 1.29 is 9.47 Å². The summed E-state index contributed by atoms with van der Waals surface area (Å²) in [6, 6.07) is 7.38. The largest absolute Gasteiger partial charge is 0.491 e. The monoisotopic (exact) mass is 195 g/mol. The maximum atomic E-state index is 5.60. The molecular formula is C11H17NO2. The Morgan fingerprint density at radius 1 is 1.29 bits per heavy atom. The van der Waals surface area contributed by atoms with E-state index in [9.17, 15) is 0 Å². The predicted molar refractivity (Wildman–Crippen MR) is 57.4 cm³/mol. The Hall–Kier alpha value is -1.22. The van der Waals surface area contributed by atoms with Gasteiger partial charge >= 0.3 is 0 Å². The summed E-state index contributed by atoms with van der Waals surface area (Å²) in [5.41, 5.74) is 6.31. The molecule has 0 atom stereocenters. The van der Waals surface area contributed by atoms with Crippen LogP contribution in [0.15, 0.2) is 24.3 Å². The fourth-order valence-corrected chi connectivity index (χ4v) is 1.05. The van der Waals surface area contributed by atoms with E-state index in [0.717, 1.165) is 5.75 Å². The van der Waals surface area contributed by atoms with Gasteiger partial charge < -0.3 is 15.2 Å². The summed E-state index contributed by atoms with van der Waals surface area (Å²) in [5.74, 6) is 0.789. The smallest absolute Gasteiger partial charge is 0.121 e. The van der Waals surface area contributed by atoms with Crippen LogP contribution in [0.1, 0.15) is 13.8 Å². The Morgan fingerprint density at radius 2 is 2.07 bits per heavy atom. The van der Waals surface area contributed by atoms with Gasteiger partial charge in [-0.25, -0.2) is 0 Å². The molecule has 0 aliphatic heterocycles. The van der Waals surface area contributed by atoms with Crippen LogP contribution in [0.2, 0.25) is 0 Å². The summed E-state index contributed by atoms with van der Waals surface area (Å²) < 4.78 is 10.8. The number of hydrogen-bond acceptors (Lipinski definition) is 3. The van der Waals surface area contributed by atoms with Gasteiger partial charge in [-0.2, -0.15) is 0 Å². The van der Waals surface area contributed by atoms with E-state index in [1.165, 1.54) is 0 Å². The van der Waals surface area contributed by atoms with Crippen LogP contribution in [0.25, 0.3) is 0 Å². The van der Waals surface area contributed by atoms with E-state index in [1.54, 1.807) is 6.07 Å². The van der Waals surface area contributed by atoms with Crippen molar-refractivity contribution >= 4 is 5.69 Å². The molecule has 0 heterocycles. The molecule has 0 saturated carbocycles. The van der Waals surface area contributed by atoms with Gasteiger partial charge in [0.25, 0.3) is 0 Å². The fraction of sp³-hybridized carbons (Fsp3) is 0.455. The zero-order valence-electron chi connectivity index (χ0n) is 8.69. The highest BCUT2D eigenvalue weighted by Gasteiger charge is 1.95. The van der Waals surface area contributed by atoms with Gasteiger partial charge in [-0.3, -0.25) is 0 Å². The summed E-state index contributed by atoms with van der Waals surface area (Å²) in [7, 11) is 0. The molecule has 0 radical (unpaired) electrons. The van der Waals surface area contributed by atoms with E-state index >= 15 is 0 Å². The van der Waals surface area contributed by atoms with E-state index < -0.39 is 0 Å². The number of nitrogen functional groups attached to an aromatic ring is 1. The van der Waals surface area contributed by atoms with Crippen LogP contribution in [0.3, 0.4) is 0 Å². The van der Waals surface area contributed by atoms with Gasteiger partial charge in [0, 0.05) is 11.8 Å². The van der Waals surface area contributed by atoms with Crippen molar-refractivity contribution in [2.75, 3.05) is 18.9 Å². The minimum absolute atomic E-state index is 0.249. The number of rotatable bonds is 5. The Bertz CT molecular complexity index is 274. The van der Waals surface area contributed by atoms with E-state index in [-0.39, 0.29) is 6.10 Å². The van der Waals surface area contributed by atoms with Crippen LogP contribution < -0.4 is 10.5 Å². The molecule has 0 aliphatic carbocycles. The number of ether oxygens (including phenoxy) is 2. The van der Waals surface area contributed by atoms with Crippen molar-refractivity contribution in [2.24, 2.45) is 0 Å². The second kappa shape index (κ2) is 5.50. The normalized spacial score (nSPS) is 10.5. The molecule has 0 amide bonds. The summed E-state index contributed by atoms with van der Waals surface area (Å²) in [4.78, 5) is 0. The van der Waals surface area contributed by atoms with Crippen molar-refractivity contribution in [1.29, 1.82) is 0 Å². The van der Waals surface area contributed by atoms with Crippen molar-refractivity contribution in [3.63, 3.8) is 0 Å². The molecule has 0 saturated heterocycles. The first-order valence-electron chi connectivity index (χ1n) is 4.78. The van der Waals surface area contributed by atoms with E-state index in [2.05, 4.69) is 0 Å². The van der Waals surface area contributed by atoms with Gasteiger partial charge in [-0.05, 0) is 26.0 Å². The first-order chi connectivity index (χ1) is 6.68. The standard InChI is InChI=1S/C11H17NO2/c1-9(2)13-6-7-14-11-5-3-4-10(12)8-11/h3-5,8-9H,6-7,12H2,1-2H3. The minimum Gasteiger partial charge on any atom is -0.491 e. The lowest BCUT2D eigenvalue weighted by Gasteiger charge is -2.09. The van der Waals surface area contributed by atoms with Gasteiger partial charge in [0.05, 0.1) is 12.7 Å². The SMILES string of the molecule is CC(C)OCCOc1cccc(N)c1. The van der Waals surface area contributed by atoms with Crippen molar-refractivity contribution in [2.45, 2.75) is 20.0 Å². The van der Waals surface area contributed by atoms with Crippen LogP contribution in [0.4, 0.5) is 5.69 Å². The highest BCUT2D eigenvalue weighted by atomic mass is 16.5. The Morgan fingerprint density at radius 3 is 2.71 bits per heavy atom. The molecule has 0 fully saturated rings. The Labute approximate surface area is 84.8 Å². The molecule has 0 bridgehead atoms. The zero-order chi connectivity index (χ0) is 10.4. The molecule has 2 N–H and O–H groups in total. The Balaban J connectivity index is 2.25. The maximum Gasteiger partial charge on any atom is 0.121 e. The van der Waals surface area contributed by atoms with E-state index in [1.807, 2.05) is 32.0 Å². The van der Waals surface area contributed by atoms with Crippen LogP contribution >= 0.6 is 0 Å². The van der Waals surface area contributed by atoms with Gasteiger partial charge in [-0.15, -0.1) is 0 Å². The molecule has 1 aromatic rings. The average molecular weight is 195 g/mol. The predicted octanol–water partition coefficient (Wildman–Crippen LogP) is 2.07. The second-order valence-electron chi connectivity index (χ2n) is 3.34. The first-order valence-corrected chi connectivity index (χ1v) is 4.78. The lowest BCUT2D eigenvalue weighted by molar-refractivity contribution is 0.0553. The minimum atomic E-state index is 0.249. The molecule has 0 aliphatic rings. The van der Waals surface area contributed by atoms with E-state index in [0.29, 0.717) is 18.9 Å². The highest BCUT2D eigenvalue weighted by molar-refractivity contribution is 5.43. The molecule has 1 rings (SSSR count). The fourth-order valence-electron chi connectivity index (χ4n) is 1.05. The second-order valence-corrected chi connectivity index (χ2v) is 3.34. The summed E-state index contributed by atoms with van der Waals surface area (Å²) in [6.45, 7) is 5.16. The first kappa shape index (κ1) is 10.9. The van der Waals surface area contributed by atoms with Crippen LogP contribution in [-0.2, 0) is 4.74 Å². The van der Waals surface area contributed by atoms with Gasteiger partial charge in [-0.1, -0.05) is 6.07 Å². The third-order valence-corrected chi connectivity index (χ3v) is 1.66. The van der Waals surface area contributed by atoms with Crippen molar-refractivity contribution in [1.82, 2.24) is 0 Å². The molecule has 1 aromatic carbocycles. The van der Waals surface area contributed by atoms with Gasteiger partial charge in [0.2, 0.25) is 0 Å². The zero-order valence-corrected chi connectivity index (χ0v) is 8.69. The molecule has 3 nitrogen and oxygen atoms in total. The number of benzene rings is 1. The number of anilines is 1. The summed E-state index contributed by atoms with van der Waals surface area (Å²) in [5, 5.41) is 0. The number of nitrogens with two attached hydrogens (primary N) is 1. The molecular weight excluding hydrogens is 178 g/mol. The van der Waals surface area contributed by atoms with Crippen LogP contribution in [-0.4, -0.2) is 19.3 Å². The summed E-state index contributed by atoms with van der Waals surface area (Å²) >= 11 is 0. The quantitative estimate of drug-likeness (QED) is 0.578. The highest BCUT2D eigenvalue weighted by Crippen LogP contribution is 2.13. The van der Waals surface area contributed by atoms with Crippen LogP contribution in [0, 0.1) is 0 Å². The van der Waals surface area contributed by atoms with E-state index in [4.69, 9.17) is 15.2 Å².